The lowest BCUT2D eigenvalue weighted by molar-refractivity contribution is 0.103. The Kier molecular flexibility index (Phi) is 3.72. The van der Waals surface area contributed by atoms with Crippen molar-refractivity contribution in [2.24, 2.45) is 0 Å². The van der Waals surface area contributed by atoms with E-state index in [0.717, 1.165) is 33.6 Å². The van der Waals surface area contributed by atoms with Gasteiger partial charge >= 0.3 is 0 Å². The molecule has 7 rings (SSSR count). The first kappa shape index (κ1) is 18.4. The van der Waals surface area contributed by atoms with Crippen LogP contribution in [0.3, 0.4) is 0 Å². The SMILES string of the molecule is Cc1ccc(C2C3=C(Nc4ccc5cc6ccccc6cc5c42)c2ccccc2C3=O)cc1. The Hall–Kier alpha value is -4.17. The van der Waals surface area contributed by atoms with Crippen molar-refractivity contribution in [3.05, 3.63) is 130 Å². The molecule has 0 fully saturated rings. The van der Waals surface area contributed by atoms with Gasteiger partial charge in [-0.3, -0.25) is 4.79 Å². The van der Waals surface area contributed by atoms with Crippen molar-refractivity contribution in [3.8, 4) is 0 Å². The van der Waals surface area contributed by atoms with Gasteiger partial charge in [0.25, 0.3) is 0 Å². The average Bonchev–Trinajstić information content (AvgIpc) is 3.14. The van der Waals surface area contributed by atoms with Gasteiger partial charge in [0.2, 0.25) is 0 Å². The third-order valence-electron chi connectivity index (χ3n) is 7.13. The molecule has 5 aromatic rings. The number of aryl methyl sites for hydroxylation is 1. The minimum atomic E-state index is -0.124. The number of fused-ring (bicyclic) bond motifs is 6. The number of allylic oxidation sites excluding steroid dienone is 1. The van der Waals surface area contributed by atoms with E-state index < -0.39 is 0 Å². The molecular formula is C31H21NO. The summed E-state index contributed by atoms with van der Waals surface area (Å²) in [5, 5.41) is 8.48. The van der Waals surface area contributed by atoms with Crippen molar-refractivity contribution in [3.63, 3.8) is 0 Å². The van der Waals surface area contributed by atoms with Crippen LogP contribution in [0.5, 0.6) is 0 Å². The number of nitrogens with one attached hydrogen (secondary N) is 1. The zero-order valence-corrected chi connectivity index (χ0v) is 18.2. The van der Waals surface area contributed by atoms with Gasteiger partial charge in [-0.1, -0.05) is 84.4 Å². The summed E-state index contributed by atoms with van der Waals surface area (Å²) >= 11 is 0. The molecule has 0 spiro atoms. The summed E-state index contributed by atoms with van der Waals surface area (Å²) in [5.74, 6) is 0.00345. The lowest BCUT2D eigenvalue weighted by atomic mass is 9.77. The molecule has 1 aliphatic heterocycles. The van der Waals surface area contributed by atoms with E-state index in [1.165, 1.54) is 32.7 Å². The molecule has 0 radical (unpaired) electrons. The summed E-state index contributed by atoms with van der Waals surface area (Å²) in [6, 6.07) is 34.0. The topological polar surface area (TPSA) is 29.1 Å². The van der Waals surface area contributed by atoms with E-state index in [1.807, 2.05) is 24.3 Å². The third kappa shape index (κ3) is 2.58. The Morgan fingerprint density at radius 1 is 0.697 bits per heavy atom. The molecule has 5 aromatic carbocycles. The van der Waals surface area contributed by atoms with Gasteiger partial charge in [-0.25, -0.2) is 0 Å². The number of Topliss-reactive ketones (excluding diaryl/α,β-unsaturated/α-hetero) is 1. The van der Waals surface area contributed by atoms with Gasteiger partial charge in [0.15, 0.2) is 5.78 Å². The van der Waals surface area contributed by atoms with Crippen LogP contribution < -0.4 is 5.32 Å². The highest BCUT2D eigenvalue weighted by atomic mass is 16.1. The van der Waals surface area contributed by atoms with Crippen molar-refractivity contribution in [1.29, 1.82) is 0 Å². The first-order chi connectivity index (χ1) is 16.2. The second-order valence-corrected chi connectivity index (χ2v) is 9.08. The predicted octanol–water partition coefficient (Wildman–Crippen LogP) is 7.47. The monoisotopic (exact) mass is 423 g/mol. The summed E-state index contributed by atoms with van der Waals surface area (Å²) in [4.78, 5) is 13.7. The molecule has 0 saturated carbocycles. The van der Waals surface area contributed by atoms with Gasteiger partial charge in [0, 0.05) is 28.3 Å². The number of anilines is 1. The summed E-state index contributed by atoms with van der Waals surface area (Å²) in [5.41, 5.74) is 8.22. The first-order valence-corrected chi connectivity index (χ1v) is 11.4. The third-order valence-corrected chi connectivity index (χ3v) is 7.13. The number of rotatable bonds is 1. The molecule has 156 valence electrons. The lowest BCUT2D eigenvalue weighted by Crippen LogP contribution is -2.19. The van der Waals surface area contributed by atoms with Crippen LogP contribution in [0.2, 0.25) is 0 Å². The number of carbonyl (C=O) groups excluding carboxylic acids is 1. The van der Waals surface area contributed by atoms with Crippen LogP contribution >= 0.6 is 0 Å². The normalized spacial score (nSPS) is 16.5. The minimum Gasteiger partial charge on any atom is -0.354 e. The molecule has 0 amide bonds. The van der Waals surface area contributed by atoms with E-state index in [1.54, 1.807) is 0 Å². The van der Waals surface area contributed by atoms with Gasteiger partial charge in [-0.15, -0.1) is 0 Å². The fourth-order valence-electron chi connectivity index (χ4n) is 5.54. The highest BCUT2D eigenvalue weighted by Crippen LogP contribution is 2.51. The molecule has 2 aliphatic rings. The maximum atomic E-state index is 13.7. The van der Waals surface area contributed by atoms with E-state index in [9.17, 15) is 4.79 Å². The molecule has 1 unspecified atom stereocenters. The van der Waals surface area contributed by atoms with Crippen LogP contribution in [0.15, 0.2) is 103 Å². The molecule has 1 heterocycles. The molecular weight excluding hydrogens is 402 g/mol. The average molecular weight is 424 g/mol. The zero-order valence-electron chi connectivity index (χ0n) is 18.2. The van der Waals surface area contributed by atoms with Gasteiger partial charge in [0.1, 0.15) is 0 Å². The van der Waals surface area contributed by atoms with Gasteiger partial charge in [0.05, 0.1) is 5.70 Å². The van der Waals surface area contributed by atoms with E-state index in [-0.39, 0.29) is 11.7 Å². The molecule has 1 atom stereocenters. The van der Waals surface area contributed by atoms with Gasteiger partial charge in [-0.05, 0) is 57.8 Å². The van der Waals surface area contributed by atoms with E-state index in [4.69, 9.17) is 0 Å². The summed E-state index contributed by atoms with van der Waals surface area (Å²) < 4.78 is 0. The second-order valence-electron chi connectivity index (χ2n) is 9.08. The Balaban J connectivity index is 1.57. The van der Waals surface area contributed by atoms with Crippen LogP contribution in [0, 0.1) is 6.92 Å². The second kappa shape index (κ2) is 6.66. The number of ketones is 1. The Morgan fingerprint density at radius 3 is 2.18 bits per heavy atom. The maximum absolute atomic E-state index is 13.7. The highest BCUT2D eigenvalue weighted by molar-refractivity contribution is 6.24. The summed E-state index contributed by atoms with van der Waals surface area (Å²) in [7, 11) is 0. The van der Waals surface area contributed by atoms with Crippen molar-refractivity contribution < 1.29 is 4.79 Å². The number of benzene rings is 5. The number of hydrogen-bond donors (Lipinski definition) is 1. The van der Waals surface area contributed by atoms with Crippen molar-refractivity contribution in [2.45, 2.75) is 12.8 Å². The Bertz CT molecular complexity index is 1660. The van der Waals surface area contributed by atoms with Gasteiger partial charge < -0.3 is 5.32 Å². The molecule has 0 aromatic heterocycles. The van der Waals surface area contributed by atoms with Crippen molar-refractivity contribution in [2.75, 3.05) is 5.32 Å². The smallest absolute Gasteiger partial charge is 0.192 e. The summed E-state index contributed by atoms with van der Waals surface area (Å²) in [6.45, 7) is 2.10. The number of carbonyl (C=O) groups is 1. The van der Waals surface area contributed by atoms with E-state index >= 15 is 0 Å². The highest BCUT2D eigenvalue weighted by Gasteiger charge is 2.40. The van der Waals surface area contributed by atoms with Crippen LogP contribution in [0.1, 0.15) is 38.5 Å². The summed E-state index contributed by atoms with van der Waals surface area (Å²) in [6.07, 6.45) is 0. The first-order valence-electron chi connectivity index (χ1n) is 11.4. The van der Waals surface area contributed by atoms with Crippen LogP contribution in [0.25, 0.3) is 27.2 Å². The zero-order chi connectivity index (χ0) is 22.1. The molecule has 0 bridgehead atoms. The molecule has 2 heteroatoms. The Morgan fingerprint density at radius 2 is 1.39 bits per heavy atom. The van der Waals surface area contributed by atoms with E-state index in [0.29, 0.717) is 0 Å². The van der Waals surface area contributed by atoms with E-state index in [2.05, 4.69) is 85.0 Å². The quantitative estimate of drug-likeness (QED) is 0.283. The Labute approximate surface area is 192 Å². The van der Waals surface area contributed by atoms with Crippen molar-refractivity contribution >= 4 is 38.7 Å². The largest absolute Gasteiger partial charge is 0.354 e. The molecule has 1 aliphatic carbocycles. The minimum absolute atomic E-state index is 0.124. The van der Waals surface area contributed by atoms with Gasteiger partial charge in [-0.2, -0.15) is 0 Å². The number of hydrogen-bond acceptors (Lipinski definition) is 2. The standard InChI is InChI=1S/C31H21NO/c1-18-10-12-19(13-11-18)27-28-25-17-21-7-3-2-6-20(21)16-22(25)14-15-26(28)32-30-23-8-4-5-9-24(23)31(33)29(27)30/h2-17,27,32H,1H3. The fourth-order valence-corrected chi connectivity index (χ4v) is 5.54. The fraction of sp³-hybridized carbons (Fsp3) is 0.0645. The van der Waals surface area contributed by atoms with Crippen LogP contribution in [0.4, 0.5) is 5.69 Å². The molecule has 2 nitrogen and oxygen atoms in total. The lowest BCUT2D eigenvalue weighted by Gasteiger charge is -2.30. The predicted molar refractivity (Wildman–Crippen MR) is 136 cm³/mol. The van der Waals surface area contributed by atoms with Crippen molar-refractivity contribution in [1.82, 2.24) is 0 Å². The van der Waals surface area contributed by atoms with Crippen LogP contribution in [-0.2, 0) is 0 Å². The molecule has 33 heavy (non-hydrogen) atoms. The molecule has 1 N–H and O–H groups in total. The van der Waals surface area contributed by atoms with Crippen LogP contribution in [-0.4, -0.2) is 5.78 Å². The molecule has 0 saturated heterocycles. The maximum Gasteiger partial charge on any atom is 0.192 e.